The smallest absolute Gasteiger partial charge is 0.237 e. The van der Waals surface area contributed by atoms with E-state index < -0.39 is 5.41 Å². The third-order valence-electron chi connectivity index (χ3n) is 3.78. The van der Waals surface area contributed by atoms with E-state index in [-0.39, 0.29) is 10.9 Å². The maximum absolute atomic E-state index is 12.6. The molecule has 20 heavy (non-hydrogen) atoms. The van der Waals surface area contributed by atoms with E-state index in [2.05, 4.69) is 21.2 Å². The summed E-state index contributed by atoms with van der Waals surface area (Å²) >= 11 is 8.61. The van der Waals surface area contributed by atoms with Gasteiger partial charge in [0.05, 0.1) is 16.1 Å². The minimum atomic E-state index is -0.786. The Morgan fingerprint density at radius 2 is 1.90 bits per heavy atom. The fourth-order valence-corrected chi connectivity index (χ4v) is 3.49. The average molecular weight is 357 g/mol. The van der Waals surface area contributed by atoms with Gasteiger partial charge in [0.2, 0.25) is 5.91 Å². The summed E-state index contributed by atoms with van der Waals surface area (Å²) in [5.41, 5.74) is 7.95. The molecule has 0 aliphatic carbocycles. The average Bonchev–Trinajstić information content (AvgIpc) is 2.35. The fraction of sp³-hybridized carbons (Fsp3) is 0.467. The number of rotatable bonds is 5. The lowest BCUT2D eigenvalue weighted by Gasteiger charge is -2.29. The van der Waals surface area contributed by atoms with Crippen LogP contribution in [0.25, 0.3) is 0 Å². The molecule has 0 spiro atoms. The summed E-state index contributed by atoms with van der Waals surface area (Å²) in [5.74, 6) is -0.136. The van der Waals surface area contributed by atoms with Gasteiger partial charge in [-0.05, 0) is 59.8 Å². The van der Waals surface area contributed by atoms with Crippen LogP contribution in [0.15, 0.2) is 16.6 Å². The second-order valence-electron chi connectivity index (χ2n) is 5.05. The van der Waals surface area contributed by atoms with Gasteiger partial charge in [0, 0.05) is 4.47 Å². The summed E-state index contributed by atoms with van der Waals surface area (Å²) in [7, 11) is 0. The van der Waals surface area contributed by atoms with E-state index in [1.165, 1.54) is 0 Å². The van der Waals surface area contributed by atoms with Crippen LogP contribution < -0.4 is 11.1 Å². The van der Waals surface area contributed by atoms with Crippen molar-refractivity contribution in [3.63, 3.8) is 0 Å². The van der Waals surface area contributed by atoms with Gasteiger partial charge in [-0.1, -0.05) is 32.1 Å². The van der Waals surface area contributed by atoms with E-state index in [1.807, 2.05) is 39.8 Å². The number of hydrogen-bond donors (Lipinski definition) is 2. The molecule has 3 N–H and O–H groups in total. The summed E-state index contributed by atoms with van der Waals surface area (Å²) in [6.45, 7) is 7.84. The van der Waals surface area contributed by atoms with E-state index >= 15 is 0 Å². The topological polar surface area (TPSA) is 55.1 Å². The van der Waals surface area contributed by atoms with Crippen LogP contribution in [-0.2, 0) is 4.79 Å². The van der Waals surface area contributed by atoms with Crippen molar-refractivity contribution in [2.45, 2.75) is 40.5 Å². The van der Waals surface area contributed by atoms with Gasteiger partial charge in [0.25, 0.3) is 0 Å². The third-order valence-corrected chi connectivity index (χ3v) is 4.80. The molecule has 0 atom stereocenters. The number of thiocarbonyl (C=S) groups is 1. The molecule has 0 saturated heterocycles. The zero-order valence-corrected chi connectivity index (χ0v) is 14.7. The Morgan fingerprint density at radius 3 is 2.30 bits per heavy atom. The van der Waals surface area contributed by atoms with Gasteiger partial charge >= 0.3 is 0 Å². The largest absolute Gasteiger partial charge is 0.392 e. The van der Waals surface area contributed by atoms with Gasteiger partial charge in [0.15, 0.2) is 0 Å². The van der Waals surface area contributed by atoms with E-state index in [9.17, 15) is 4.79 Å². The van der Waals surface area contributed by atoms with Crippen molar-refractivity contribution in [3.8, 4) is 0 Å². The molecule has 0 aromatic heterocycles. The van der Waals surface area contributed by atoms with Crippen molar-refractivity contribution in [1.82, 2.24) is 0 Å². The highest BCUT2D eigenvalue weighted by atomic mass is 79.9. The van der Waals surface area contributed by atoms with E-state index in [0.717, 1.165) is 21.3 Å². The number of nitrogens with one attached hydrogen (secondary N) is 1. The maximum Gasteiger partial charge on any atom is 0.237 e. The molecule has 0 aliphatic heterocycles. The van der Waals surface area contributed by atoms with Crippen molar-refractivity contribution in [1.29, 1.82) is 0 Å². The molecular weight excluding hydrogens is 336 g/mol. The van der Waals surface area contributed by atoms with Crippen molar-refractivity contribution in [3.05, 3.63) is 27.7 Å². The molecule has 110 valence electrons. The highest BCUT2D eigenvalue weighted by molar-refractivity contribution is 9.10. The van der Waals surface area contributed by atoms with Crippen LogP contribution in [0.1, 0.15) is 37.8 Å². The lowest BCUT2D eigenvalue weighted by atomic mass is 9.81. The zero-order valence-electron chi connectivity index (χ0n) is 12.3. The fourth-order valence-electron chi connectivity index (χ4n) is 2.34. The van der Waals surface area contributed by atoms with Gasteiger partial charge in [0.1, 0.15) is 0 Å². The van der Waals surface area contributed by atoms with Crippen LogP contribution in [0.2, 0.25) is 0 Å². The van der Waals surface area contributed by atoms with Gasteiger partial charge < -0.3 is 11.1 Å². The van der Waals surface area contributed by atoms with Gasteiger partial charge in [-0.3, -0.25) is 4.79 Å². The van der Waals surface area contributed by atoms with Crippen molar-refractivity contribution < 1.29 is 4.79 Å². The number of carbonyl (C=O) groups is 1. The van der Waals surface area contributed by atoms with E-state index in [1.54, 1.807) is 0 Å². The van der Waals surface area contributed by atoms with Crippen molar-refractivity contribution in [2.75, 3.05) is 5.32 Å². The molecule has 0 heterocycles. The molecule has 0 bridgehead atoms. The maximum atomic E-state index is 12.6. The summed E-state index contributed by atoms with van der Waals surface area (Å²) in [4.78, 5) is 12.9. The number of carbonyl (C=O) groups excluding carboxylic acids is 1. The van der Waals surface area contributed by atoms with E-state index in [0.29, 0.717) is 12.8 Å². The van der Waals surface area contributed by atoms with Gasteiger partial charge in [-0.25, -0.2) is 0 Å². The standard InChI is InChI=1S/C15H21BrN2OS/c1-5-15(6-2,13(17)20)14(19)18-12-10(4)7-9(3)8-11(12)16/h7-8H,5-6H2,1-4H3,(H2,17,20)(H,18,19). The molecule has 0 unspecified atom stereocenters. The first-order chi connectivity index (χ1) is 9.28. The summed E-state index contributed by atoms with van der Waals surface area (Å²) < 4.78 is 0.868. The first kappa shape index (κ1) is 17.1. The lowest BCUT2D eigenvalue weighted by molar-refractivity contribution is -0.122. The van der Waals surface area contributed by atoms with Crippen LogP contribution in [0.3, 0.4) is 0 Å². The number of anilines is 1. The minimum absolute atomic E-state index is 0.136. The van der Waals surface area contributed by atoms with Crippen LogP contribution in [0.5, 0.6) is 0 Å². The lowest BCUT2D eigenvalue weighted by Crippen LogP contribution is -2.45. The number of halogens is 1. The summed E-state index contributed by atoms with van der Waals surface area (Å²) in [5, 5.41) is 2.98. The molecule has 0 radical (unpaired) electrons. The van der Waals surface area contributed by atoms with E-state index in [4.69, 9.17) is 18.0 Å². The molecule has 0 saturated carbocycles. The molecule has 1 amide bonds. The predicted octanol–water partition coefficient (Wildman–Crippen LogP) is 4.10. The second-order valence-corrected chi connectivity index (χ2v) is 6.34. The highest BCUT2D eigenvalue weighted by Crippen LogP contribution is 2.33. The first-order valence-corrected chi connectivity index (χ1v) is 7.86. The molecule has 3 nitrogen and oxygen atoms in total. The zero-order chi connectivity index (χ0) is 15.5. The Bertz CT molecular complexity index is 516. The Morgan fingerprint density at radius 1 is 1.35 bits per heavy atom. The highest BCUT2D eigenvalue weighted by Gasteiger charge is 2.38. The third kappa shape index (κ3) is 3.20. The molecule has 1 aromatic carbocycles. The monoisotopic (exact) mass is 356 g/mol. The van der Waals surface area contributed by atoms with Crippen LogP contribution in [-0.4, -0.2) is 10.9 Å². The van der Waals surface area contributed by atoms with Crippen molar-refractivity contribution >= 4 is 44.7 Å². The number of benzene rings is 1. The van der Waals surface area contributed by atoms with Crippen molar-refractivity contribution in [2.24, 2.45) is 11.1 Å². The minimum Gasteiger partial charge on any atom is -0.392 e. The quantitative estimate of drug-likeness (QED) is 0.780. The molecular formula is C15H21BrN2OS. The SMILES string of the molecule is CCC(CC)(C(=O)Nc1c(C)cc(C)cc1Br)C(N)=S. The van der Waals surface area contributed by atoms with Crippen LogP contribution in [0, 0.1) is 19.3 Å². The Labute approximate surface area is 134 Å². The summed E-state index contributed by atoms with van der Waals surface area (Å²) in [6, 6.07) is 4.00. The Balaban J connectivity index is 3.16. The molecule has 5 heteroatoms. The number of nitrogens with two attached hydrogens (primary N) is 1. The predicted molar refractivity (Wildman–Crippen MR) is 92.0 cm³/mol. The molecule has 0 aliphatic rings. The second kappa shape index (κ2) is 6.68. The number of aryl methyl sites for hydroxylation is 2. The molecule has 1 aromatic rings. The van der Waals surface area contributed by atoms with Crippen LogP contribution >= 0.6 is 28.1 Å². The summed E-state index contributed by atoms with van der Waals surface area (Å²) in [6.07, 6.45) is 1.18. The Hall–Kier alpha value is -0.940. The van der Waals surface area contributed by atoms with Gasteiger partial charge in [-0.15, -0.1) is 0 Å². The molecule has 1 rings (SSSR count). The first-order valence-electron chi connectivity index (χ1n) is 6.66. The normalized spacial score (nSPS) is 11.2. The Kier molecular flexibility index (Phi) is 5.71. The van der Waals surface area contributed by atoms with Gasteiger partial charge in [-0.2, -0.15) is 0 Å². The molecule has 0 fully saturated rings. The number of hydrogen-bond acceptors (Lipinski definition) is 2. The van der Waals surface area contributed by atoms with Crippen LogP contribution in [0.4, 0.5) is 5.69 Å². The number of amides is 1.